The van der Waals surface area contributed by atoms with E-state index >= 15 is 0 Å². The molecule has 0 spiro atoms. The van der Waals surface area contributed by atoms with Crippen LogP contribution in [-0.2, 0) is 9.47 Å². The highest BCUT2D eigenvalue weighted by Crippen LogP contribution is 2.33. The largest absolute Gasteiger partial charge is 0.370 e. The van der Waals surface area contributed by atoms with Crippen LogP contribution < -0.4 is 4.90 Å². The minimum Gasteiger partial charge on any atom is -0.370 e. The third kappa shape index (κ3) is 4.30. The Kier molecular flexibility index (Phi) is 5.97. The summed E-state index contributed by atoms with van der Waals surface area (Å²) in [5.74, 6) is 0.892. The molecule has 0 aliphatic carbocycles. The van der Waals surface area contributed by atoms with Gasteiger partial charge in [0.2, 0.25) is 0 Å². The molecule has 3 aliphatic rings. The molecular weight excluding hydrogens is 428 g/mol. The van der Waals surface area contributed by atoms with Crippen LogP contribution in [0.25, 0.3) is 22.3 Å². The molecule has 3 aromatic rings. The van der Waals surface area contributed by atoms with Gasteiger partial charge in [0.15, 0.2) is 12.0 Å². The van der Waals surface area contributed by atoms with Crippen molar-refractivity contribution in [2.24, 2.45) is 0 Å². The van der Waals surface area contributed by atoms with Crippen LogP contribution in [0.5, 0.6) is 0 Å². The molecule has 0 saturated carbocycles. The lowest BCUT2D eigenvalue weighted by Crippen LogP contribution is -2.62. The molecule has 180 valence electrons. The highest BCUT2D eigenvalue weighted by Gasteiger charge is 2.40. The lowest BCUT2D eigenvalue weighted by Gasteiger charge is -2.48. The number of aromatic nitrogens is 4. The van der Waals surface area contributed by atoms with Gasteiger partial charge >= 0.3 is 0 Å². The van der Waals surface area contributed by atoms with Crippen molar-refractivity contribution in [2.45, 2.75) is 50.9 Å². The van der Waals surface area contributed by atoms with Gasteiger partial charge in [0, 0.05) is 18.5 Å². The van der Waals surface area contributed by atoms with Crippen LogP contribution in [0.2, 0.25) is 0 Å². The number of para-hydroxylation sites is 1. The Bertz CT molecular complexity index is 1110. The van der Waals surface area contributed by atoms with Crippen molar-refractivity contribution < 1.29 is 9.47 Å². The number of benzene rings is 1. The van der Waals surface area contributed by atoms with Gasteiger partial charge in [-0.2, -0.15) is 5.10 Å². The topological polar surface area (TPSA) is 68.5 Å². The average Bonchev–Trinajstić information content (AvgIpc) is 3.51. The Hall–Kier alpha value is -2.55. The molecule has 1 aromatic carbocycles. The Morgan fingerprint density at radius 2 is 1.88 bits per heavy atom. The quantitative estimate of drug-likeness (QED) is 0.528. The number of ether oxygens (including phenoxy) is 2. The van der Waals surface area contributed by atoms with E-state index in [1.807, 2.05) is 16.8 Å². The smallest absolute Gasteiger partial charge is 0.151 e. The van der Waals surface area contributed by atoms with Crippen molar-refractivity contribution >= 4 is 16.7 Å². The van der Waals surface area contributed by atoms with Gasteiger partial charge in [-0.05, 0) is 70.3 Å². The van der Waals surface area contributed by atoms with Crippen LogP contribution in [0.1, 0.15) is 45.3 Å². The molecule has 3 aliphatic heterocycles. The normalized spacial score (nSPS) is 22.9. The number of fused-ring (bicyclic) bond motifs is 1. The maximum absolute atomic E-state index is 6.22. The van der Waals surface area contributed by atoms with Crippen molar-refractivity contribution in [2.75, 3.05) is 50.8 Å². The fourth-order valence-corrected chi connectivity index (χ4v) is 5.48. The molecule has 0 N–H and O–H groups in total. The second-order valence-corrected chi connectivity index (χ2v) is 10.1. The molecule has 8 nitrogen and oxygen atoms in total. The number of likely N-dealkylation sites (tertiary alicyclic amines) is 1. The van der Waals surface area contributed by atoms with Gasteiger partial charge in [0.05, 0.1) is 25.2 Å². The summed E-state index contributed by atoms with van der Waals surface area (Å²) in [7, 11) is 0. The zero-order valence-corrected chi connectivity index (χ0v) is 20.0. The van der Waals surface area contributed by atoms with Crippen molar-refractivity contribution in [3.8, 4) is 11.4 Å². The molecular formula is C26H34N6O2. The van der Waals surface area contributed by atoms with Crippen LogP contribution in [0.4, 0.5) is 5.82 Å². The molecule has 3 fully saturated rings. The molecule has 8 heteroatoms. The Morgan fingerprint density at radius 1 is 1.03 bits per heavy atom. The minimum atomic E-state index is -0.102. The molecule has 1 unspecified atom stereocenters. The zero-order chi connectivity index (χ0) is 23.0. The van der Waals surface area contributed by atoms with Gasteiger partial charge in [-0.25, -0.2) is 4.68 Å². The highest BCUT2D eigenvalue weighted by atomic mass is 16.5. The van der Waals surface area contributed by atoms with Gasteiger partial charge in [0.1, 0.15) is 17.0 Å². The lowest BCUT2D eigenvalue weighted by molar-refractivity contribution is -0.0564. The number of anilines is 1. The first-order valence-corrected chi connectivity index (χ1v) is 12.7. The van der Waals surface area contributed by atoms with Gasteiger partial charge in [-0.15, -0.1) is 10.2 Å². The predicted molar refractivity (Wildman–Crippen MR) is 132 cm³/mol. The third-order valence-corrected chi connectivity index (χ3v) is 7.37. The summed E-state index contributed by atoms with van der Waals surface area (Å²) in [6.45, 7) is 8.95. The summed E-state index contributed by atoms with van der Waals surface area (Å²) in [5.41, 5.74) is 2.64. The summed E-state index contributed by atoms with van der Waals surface area (Å²) in [6.07, 6.45) is 5.91. The maximum Gasteiger partial charge on any atom is 0.151 e. The van der Waals surface area contributed by atoms with E-state index in [9.17, 15) is 0 Å². The fraction of sp³-hybridized carbons (Fsp3) is 0.577. The summed E-state index contributed by atoms with van der Waals surface area (Å²) >= 11 is 0. The molecule has 2 aromatic heterocycles. The Labute approximate surface area is 200 Å². The lowest BCUT2D eigenvalue weighted by atomic mass is 9.96. The fourth-order valence-electron chi connectivity index (χ4n) is 5.48. The van der Waals surface area contributed by atoms with E-state index in [1.165, 1.54) is 32.4 Å². The number of nitrogens with zero attached hydrogens (tertiary/aromatic N) is 6. The van der Waals surface area contributed by atoms with Gasteiger partial charge in [-0.3, -0.25) is 0 Å². The molecule has 3 saturated heterocycles. The first-order chi connectivity index (χ1) is 16.7. The van der Waals surface area contributed by atoms with E-state index in [2.05, 4.69) is 51.2 Å². The molecule has 0 bridgehead atoms. The average molecular weight is 463 g/mol. The van der Waals surface area contributed by atoms with E-state index in [4.69, 9.17) is 14.6 Å². The van der Waals surface area contributed by atoms with Crippen LogP contribution in [0.15, 0.2) is 36.4 Å². The van der Waals surface area contributed by atoms with E-state index in [0.717, 1.165) is 73.8 Å². The highest BCUT2D eigenvalue weighted by molar-refractivity contribution is 5.92. The van der Waals surface area contributed by atoms with E-state index in [-0.39, 0.29) is 11.8 Å². The van der Waals surface area contributed by atoms with Gasteiger partial charge < -0.3 is 19.3 Å². The third-order valence-electron chi connectivity index (χ3n) is 7.37. The SMILES string of the molecule is CC1(OCCN2CCCC2)CN(c2ccc(-c3nn(C4CCCCO4)c4ccccc34)nn2)C1. The summed E-state index contributed by atoms with van der Waals surface area (Å²) in [6, 6.07) is 12.4. The van der Waals surface area contributed by atoms with E-state index in [1.54, 1.807) is 0 Å². The molecule has 1 atom stereocenters. The van der Waals surface area contributed by atoms with Crippen LogP contribution in [0, 0.1) is 0 Å². The van der Waals surface area contributed by atoms with E-state index < -0.39 is 0 Å². The maximum atomic E-state index is 6.22. The van der Waals surface area contributed by atoms with Crippen molar-refractivity contribution in [1.29, 1.82) is 0 Å². The number of rotatable bonds is 7. The van der Waals surface area contributed by atoms with Crippen LogP contribution in [-0.4, -0.2) is 76.4 Å². The van der Waals surface area contributed by atoms with E-state index in [0.29, 0.717) is 0 Å². The molecule has 6 rings (SSSR count). The molecule has 5 heterocycles. The van der Waals surface area contributed by atoms with Gasteiger partial charge in [-0.1, -0.05) is 18.2 Å². The first kappa shape index (κ1) is 21.9. The zero-order valence-electron chi connectivity index (χ0n) is 20.0. The minimum absolute atomic E-state index is 0.0103. The monoisotopic (exact) mass is 462 g/mol. The summed E-state index contributed by atoms with van der Waals surface area (Å²) in [4.78, 5) is 4.73. The van der Waals surface area contributed by atoms with Crippen molar-refractivity contribution in [3.63, 3.8) is 0 Å². The molecule has 34 heavy (non-hydrogen) atoms. The number of hydrogen-bond acceptors (Lipinski definition) is 7. The standard InChI is InChI=1S/C26H34N6O2/c1-26(34-17-15-30-13-5-6-14-30)18-31(19-26)23-12-11-21(27-28-23)25-20-8-2-3-9-22(20)32(29-25)24-10-4-7-16-33-24/h2-3,8-9,11-12,24H,4-7,10,13-19H2,1H3. The number of hydrogen-bond donors (Lipinski definition) is 0. The van der Waals surface area contributed by atoms with Crippen LogP contribution in [0.3, 0.4) is 0 Å². The first-order valence-electron chi connectivity index (χ1n) is 12.7. The van der Waals surface area contributed by atoms with Crippen molar-refractivity contribution in [3.05, 3.63) is 36.4 Å². The Balaban J connectivity index is 1.13. The summed E-state index contributed by atoms with van der Waals surface area (Å²) < 4.78 is 14.3. The molecule has 0 radical (unpaired) electrons. The van der Waals surface area contributed by atoms with Gasteiger partial charge in [0.25, 0.3) is 0 Å². The van der Waals surface area contributed by atoms with Crippen molar-refractivity contribution in [1.82, 2.24) is 24.9 Å². The second-order valence-electron chi connectivity index (χ2n) is 10.1. The molecule has 0 amide bonds. The van der Waals surface area contributed by atoms with Crippen LogP contribution >= 0.6 is 0 Å². The predicted octanol–water partition coefficient (Wildman–Crippen LogP) is 3.88. The Morgan fingerprint density at radius 3 is 2.65 bits per heavy atom. The summed E-state index contributed by atoms with van der Waals surface area (Å²) in [5, 5.41) is 15.1. The second kappa shape index (κ2) is 9.24.